The summed E-state index contributed by atoms with van der Waals surface area (Å²) in [5, 5.41) is 0.807. The highest BCUT2D eigenvalue weighted by atomic mass is 32.2. The van der Waals surface area contributed by atoms with Crippen LogP contribution in [0.25, 0.3) is 0 Å². The van der Waals surface area contributed by atoms with Gasteiger partial charge >= 0.3 is 0 Å². The minimum atomic E-state index is 0.0511. The van der Waals surface area contributed by atoms with Gasteiger partial charge in [-0.3, -0.25) is 14.7 Å². The molecule has 0 radical (unpaired) electrons. The van der Waals surface area contributed by atoms with Gasteiger partial charge in [-0.25, -0.2) is 0 Å². The van der Waals surface area contributed by atoms with Crippen LogP contribution in [0.1, 0.15) is 16.7 Å². The molecule has 5 nitrogen and oxygen atoms in total. The summed E-state index contributed by atoms with van der Waals surface area (Å²) < 4.78 is 10.6. The second kappa shape index (κ2) is 8.95. The third-order valence-electron chi connectivity index (χ3n) is 4.36. The van der Waals surface area contributed by atoms with E-state index in [1.165, 1.54) is 11.1 Å². The van der Waals surface area contributed by atoms with E-state index in [1.54, 1.807) is 30.9 Å². The van der Waals surface area contributed by atoms with Gasteiger partial charge in [0.1, 0.15) is 0 Å². The van der Waals surface area contributed by atoms with Crippen LogP contribution in [-0.2, 0) is 17.0 Å². The van der Waals surface area contributed by atoms with Gasteiger partial charge in [-0.15, -0.1) is 0 Å². The number of amidine groups is 1. The van der Waals surface area contributed by atoms with E-state index in [9.17, 15) is 4.79 Å². The maximum atomic E-state index is 12.8. The average molecular weight is 385 g/mol. The topological polar surface area (TPSA) is 51.1 Å². The minimum absolute atomic E-state index is 0.0511. The van der Waals surface area contributed by atoms with E-state index in [0.29, 0.717) is 31.0 Å². The molecule has 0 aliphatic carbocycles. The van der Waals surface area contributed by atoms with E-state index in [4.69, 9.17) is 9.47 Å². The Morgan fingerprint density at radius 1 is 1.11 bits per heavy atom. The first-order valence-corrected chi connectivity index (χ1v) is 9.83. The van der Waals surface area contributed by atoms with E-state index < -0.39 is 0 Å². The number of carbonyl (C=O) groups is 1. The van der Waals surface area contributed by atoms with Gasteiger partial charge in [0.25, 0.3) is 0 Å². The van der Waals surface area contributed by atoms with Crippen molar-refractivity contribution in [3.8, 4) is 11.5 Å². The van der Waals surface area contributed by atoms with Crippen LogP contribution in [-0.4, -0.2) is 43.3 Å². The van der Waals surface area contributed by atoms with Gasteiger partial charge in [-0.05, 0) is 30.2 Å². The molecular formula is C21H24N2O3S. The summed E-state index contributed by atoms with van der Waals surface area (Å²) in [6.07, 6.45) is 0.310. The molecule has 0 saturated heterocycles. The fraction of sp³-hybridized carbons (Fsp3) is 0.333. The first kappa shape index (κ1) is 19.3. The third kappa shape index (κ3) is 4.83. The first-order chi connectivity index (χ1) is 13.1. The summed E-state index contributed by atoms with van der Waals surface area (Å²) in [7, 11) is 3.19. The van der Waals surface area contributed by atoms with Crippen LogP contribution in [0.2, 0.25) is 0 Å². The molecule has 1 aliphatic heterocycles. The molecule has 27 heavy (non-hydrogen) atoms. The van der Waals surface area contributed by atoms with Gasteiger partial charge < -0.3 is 9.47 Å². The molecule has 0 spiro atoms. The molecule has 0 aromatic heterocycles. The normalized spacial score (nSPS) is 13.4. The summed E-state index contributed by atoms with van der Waals surface area (Å²) in [6, 6.07) is 14.0. The molecule has 0 bridgehead atoms. The lowest BCUT2D eigenvalue weighted by Gasteiger charge is -2.18. The predicted octanol–water partition coefficient (Wildman–Crippen LogP) is 3.69. The molecule has 142 valence electrons. The smallest absolute Gasteiger partial charge is 0.233 e. The number of aliphatic imine (C=N–C) groups is 1. The molecule has 6 heteroatoms. The van der Waals surface area contributed by atoms with Crippen molar-refractivity contribution >= 4 is 22.8 Å². The summed E-state index contributed by atoms with van der Waals surface area (Å²) in [4.78, 5) is 19.1. The summed E-state index contributed by atoms with van der Waals surface area (Å²) in [6.45, 7) is 3.39. The molecule has 2 aromatic rings. The van der Waals surface area contributed by atoms with Crippen molar-refractivity contribution in [3.63, 3.8) is 0 Å². The molecule has 3 rings (SSSR count). The fourth-order valence-electron chi connectivity index (χ4n) is 2.99. The number of amides is 1. The van der Waals surface area contributed by atoms with Crippen LogP contribution in [0.3, 0.4) is 0 Å². The molecule has 0 fully saturated rings. The zero-order valence-corrected chi connectivity index (χ0v) is 16.7. The Labute approximate surface area is 164 Å². The SMILES string of the molecule is COc1ccc(CC(=O)N2CCN=C2SCc2cccc(C)c2)cc1OC. The Morgan fingerprint density at radius 3 is 2.67 bits per heavy atom. The van der Waals surface area contributed by atoms with Crippen LogP contribution in [0.4, 0.5) is 0 Å². The van der Waals surface area contributed by atoms with Gasteiger partial charge in [0, 0.05) is 12.3 Å². The van der Waals surface area contributed by atoms with Gasteiger partial charge in [0.2, 0.25) is 5.91 Å². The lowest BCUT2D eigenvalue weighted by Crippen LogP contribution is -2.34. The number of nitrogens with zero attached hydrogens (tertiary/aromatic N) is 2. The van der Waals surface area contributed by atoms with E-state index in [0.717, 1.165) is 16.5 Å². The van der Waals surface area contributed by atoms with Crippen LogP contribution in [0.5, 0.6) is 11.5 Å². The highest BCUT2D eigenvalue weighted by Crippen LogP contribution is 2.28. The fourth-order valence-corrected chi connectivity index (χ4v) is 4.00. The van der Waals surface area contributed by atoms with Crippen molar-refractivity contribution in [2.45, 2.75) is 19.1 Å². The monoisotopic (exact) mass is 384 g/mol. The van der Waals surface area contributed by atoms with Crippen molar-refractivity contribution in [3.05, 3.63) is 59.2 Å². The number of hydrogen-bond donors (Lipinski definition) is 0. The van der Waals surface area contributed by atoms with Crippen LogP contribution in [0, 0.1) is 6.92 Å². The number of hydrogen-bond acceptors (Lipinski definition) is 5. The predicted molar refractivity (Wildman–Crippen MR) is 110 cm³/mol. The highest BCUT2D eigenvalue weighted by Gasteiger charge is 2.24. The third-order valence-corrected chi connectivity index (χ3v) is 5.44. The number of ether oxygens (including phenoxy) is 2. The quantitative estimate of drug-likeness (QED) is 0.762. The Morgan fingerprint density at radius 2 is 1.93 bits per heavy atom. The van der Waals surface area contributed by atoms with Gasteiger partial charge in [0.05, 0.1) is 27.2 Å². The Kier molecular flexibility index (Phi) is 6.40. The van der Waals surface area contributed by atoms with Gasteiger partial charge in [-0.2, -0.15) is 0 Å². The average Bonchev–Trinajstić information content (AvgIpc) is 3.15. The number of benzene rings is 2. The minimum Gasteiger partial charge on any atom is -0.493 e. The number of aryl methyl sites for hydroxylation is 1. The van der Waals surface area contributed by atoms with Crippen LogP contribution < -0.4 is 9.47 Å². The molecule has 1 aliphatic rings. The van der Waals surface area contributed by atoms with E-state index in [2.05, 4.69) is 36.2 Å². The van der Waals surface area contributed by atoms with E-state index in [1.807, 2.05) is 18.2 Å². The second-order valence-electron chi connectivity index (χ2n) is 6.35. The summed E-state index contributed by atoms with van der Waals surface area (Å²) in [5.41, 5.74) is 3.37. The van der Waals surface area contributed by atoms with Gasteiger partial charge in [-0.1, -0.05) is 47.7 Å². The molecule has 0 unspecified atom stereocenters. The summed E-state index contributed by atoms with van der Waals surface area (Å²) >= 11 is 1.62. The lowest BCUT2D eigenvalue weighted by atomic mass is 10.1. The number of carbonyl (C=O) groups excluding carboxylic acids is 1. The van der Waals surface area contributed by atoms with Crippen molar-refractivity contribution in [1.82, 2.24) is 4.90 Å². The highest BCUT2D eigenvalue weighted by molar-refractivity contribution is 8.13. The molecule has 1 heterocycles. The molecule has 0 N–H and O–H groups in total. The number of rotatable bonds is 6. The Hall–Kier alpha value is -2.47. The zero-order valence-electron chi connectivity index (χ0n) is 15.9. The van der Waals surface area contributed by atoms with Crippen molar-refractivity contribution in [2.24, 2.45) is 4.99 Å². The largest absolute Gasteiger partial charge is 0.493 e. The van der Waals surface area contributed by atoms with Crippen molar-refractivity contribution in [2.75, 3.05) is 27.3 Å². The summed E-state index contributed by atoms with van der Waals surface area (Å²) in [5.74, 6) is 2.15. The lowest BCUT2D eigenvalue weighted by molar-refractivity contribution is -0.126. The van der Waals surface area contributed by atoms with Crippen LogP contribution in [0.15, 0.2) is 47.5 Å². The zero-order chi connectivity index (χ0) is 19.2. The van der Waals surface area contributed by atoms with Crippen molar-refractivity contribution in [1.29, 1.82) is 0 Å². The van der Waals surface area contributed by atoms with Crippen molar-refractivity contribution < 1.29 is 14.3 Å². The number of thioether (sulfide) groups is 1. The molecule has 0 atom stereocenters. The molecular weight excluding hydrogens is 360 g/mol. The Bertz CT molecular complexity index is 851. The standard InChI is InChI=1S/C21H24N2O3S/c1-15-5-4-6-17(11-15)14-27-21-22-9-10-23(21)20(24)13-16-7-8-18(25-2)19(12-16)26-3/h4-8,11-12H,9-10,13-14H2,1-3H3. The van der Waals surface area contributed by atoms with E-state index in [-0.39, 0.29) is 5.91 Å². The maximum Gasteiger partial charge on any atom is 0.233 e. The number of methoxy groups -OCH3 is 2. The van der Waals surface area contributed by atoms with Crippen LogP contribution >= 0.6 is 11.8 Å². The molecule has 2 aromatic carbocycles. The molecule has 1 amide bonds. The second-order valence-corrected chi connectivity index (χ2v) is 7.30. The molecule has 0 saturated carbocycles. The Balaban J connectivity index is 1.63. The maximum absolute atomic E-state index is 12.8. The van der Waals surface area contributed by atoms with Gasteiger partial charge in [0.15, 0.2) is 16.7 Å². The first-order valence-electron chi connectivity index (χ1n) is 8.85. The van der Waals surface area contributed by atoms with E-state index >= 15 is 0 Å².